The van der Waals surface area contributed by atoms with Gasteiger partial charge in [-0.25, -0.2) is 4.98 Å². The first-order valence-electron chi connectivity index (χ1n) is 21.1. The molecule has 0 unspecified atom stereocenters. The maximum absolute atomic E-state index is 9.47. The van der Waals surface area contributed by atoms with Gasteiger partial charge in [-0.1, -0.05) is 109 Å². The number of para-hydroxylation sites is 2. The third-order valence-corrected chi connectivity index (χ3v) is 10.3. The van der Waals surface area contributed by atoms with Gasteiger partial charge in [0.15, 0.2) is 11.6 Å². The number of rotatable bonds is 4. The molecule has 0 saturated carbocycles. The SMILES string of the molecule is [2H]c1c([2H])c([2H])c2c(oc3c([2H])c([2H])c4c(c5c([2H])c([2H])c([2H])c([2H])c5n4-c4nc(-c5ccc(-c6ccccc6)cc5)nc(-c5ccc6sc7ccccc7c6c5)n4)c32)c1[2H]. The number of nitrogens with zero attached hydrogens (tertiary/aromatic N) is 4. The van der Waals surface area contributed by atoms with Crippen LogP contribution in [0.2, 0.25) is 0 Å². The summed E-state index contributed by atoms with van der Waals surface area (Å²) < 4.78 is 98.7. The lowest BCUT2D eigenvalue weighted by Crippen LogP contribution is -2.06. The number of benzene rings is 7. The number of hydrogen-bond donors (Lipinski definition) is 0. The molecule has 7 aromatic carbocycles. The van der Waals surface area contributed by atoms with E-state index in [0.29, 0.717) is 11.1 Å². The van der Waals surface area contributed by atoms with Crippen LogP contribution in [0, 0.1) is 0 Å². The molecule has 4 heterocycles. The zero-order chi connectivity index (χ0) is 42.2. The van der Waals surface area contributed by atoms with E-state index in [1.807, 2.05) is 84.9 Å². The summed E-state index contributed by atoms with van der Waals surface area (Å²) in [6, 6.07) is 26.5. The van der Waals surface area contributed by atoms with Crippen molar-refractivity contribution in [3.05, 3.63) is 157 Å². The summed E-state index contributed by atoms with van der Waals surface area (Å²) in [4.78, 5) is 14.9. The summed E-state index contributed by atoms with van der Waals surface area (Å²) in [5, 5.41) is 1.95. The fourth-order valence-electron chi connectivity index (χ4n) is 6.85. The summed E-state index contributed by atoms with van der Waals surface area (Å²) >= 11 is 1.66. The molecular weight excluding hydrogens is 645 g/mol. The Balaban J connectivity index is 1.28. The maximum Gasteiger partial charge on any atom is 0.238 e. The van der Waals surface area contributed by atoms with Crippen LogP contribution < -0.4 is 0 Å². The second kappa shape index (κ2) is 10.9. The van der Waals surface area contributed by atoms with Crippen molar-refractivity contribution >= 4 is 75.3 Å². The molecule has 0 N–H and O–H groups in total. The second-order valence-electron chi connectivity index (χ2n) is 12.1. The van der Waals surface area contributed by atoms with Gasteiger partial charge in [-0.3, -0.25) is 4.57 Å². The maximum atomic E-state index is 9.47. The van der Waals surface area contributed by atoms with E-state index in [9.17, 15) is 5.48 Å². The molecule has 6 heteroatoms. The van der Waals surface area contributed by atoms with Crippen molar-refractivity contribution in [1.82, 2.24) is 19.5 Å². The van der Waals surface area contributed by atoms with Gasteiger partial charge >= 0.3 is 0 Å². The molecule has 11 rings (SSSR count). The molecular formula is C45H26N4OS. The lowest BCUT2D eigenvalue weighted by atomic mass is 10.0. The molecule has 238 valence electrons. The van der Waals surface area contributed by atoms with Gasteiger partial charge in [-0.15, -0.1) is 11.3 Å². The van der Waals surface area contributed by atoms with Crippen LogP contribution in [0.1, 0.15) is 13.7 Å². The highest BCUT2D eigenvalue weighted by molar-refractivity contribution is 7.25. The van der Waals surface area contributed by atoms with E-state index in [2.05, 4.69) is 12.1 Å². The van der Waals surface area contributed by atoms with Crippen LogP contribution >= 0.6 is 11.3 Å². The Kier molecular flexibility index (Phi) is 4.32. The molecule has 0 spiro atoms. The zero-order valence-electron chi connectivity index (χ0n) is 36.3. The van der Waals surface area contributed by atoms with Crippen molar-refractivity contribution in [2.24, 2.45) is 0 Å². The highest BCUT2D eigenvalue weighted by Crippen LogP contribution is 2.41. The van der Waals surface area contributed by atoms with Gasteiger partial charge in [0.1, 0.15) is 11.2 Å². The summed E-state index contributed by atoms with van der Waals surface area (Å²) in [5.74, 6) is 0.364. The third-order valence-electron chi connectivity index (χ3n) is 9.19. The van der Waals surface area contributed by atoms with Crippen LogP contribution in [-0.4, -0.2) is 19.5 Å². The topological polar surface area (TPSA) is 56.7 Å². The molecule has 51 heavy (non-hydrogen) atoms. The number of aromatic nitrogens is 4. The summed E-state index contributed by atoms with van der Waals surface area (Å²) in [7, 11) is 0. The van der Waals surface area contributed by atoms with E-state index >= 15 is 0 Å². The Morgan fingerprint density at radius 1 is 0.490 bits per heavy atom. The van der Waals surface area contributed by atoms with Crippen molar-refractivity contribution in [1.29, 1.82) is 0 Å². The fraction of sp³-hybridized carbons (Fsp3) is 0. The molecule has 0 aliphatic carbocycles. The average molecular weight is 681 g/mol. The predicted octanol–water partition coefficient (Wildman–Crippen LogP) is 12.2. The van der Waals surface area contributed by atoms with Crippen LogP contribution in [0.4, 0.5) is 0 Å². The quantitative estimate of drug-likeness (QED) is 0.186. The van der Waals surface area contributed by atoms with E-state index < -0.39 is 60.4 Å². The lowest BCUT2D eigenvalue weighted by molar-refractivity contribution is 0.669. The highest BCUT2D eigenvalue weighted by atomic mass is 32.1. The van der Waals surface area contributed by atoms with Gasteiger partial charge in [0.25, 0.3) is 0 Å². The van der Waals surface area contributed by atoms with E-state index in [-0.39, 0.29) is 61.3 Å². The number of hydrogen-bond acceptors (Lipinski definition) is 5. The number of thiophene rings is 1. The fourth-order valence-corrected chi connectivity index (χ4v) is 7.94. The third kappa shape index (κ3) is 4.37. The monoisotopic (exact) mass is 680 g/mol. The minimum absolute atomic E-state index is 0.00701. The largest absolute Gasteiger partial charge is 0.456 e. The Hall–Kier alpha value is -6.63. The van der Waals surface area contributed by atoms with E-state index in [4.69, 9.17) is 27.6 Å². The first-order valence-corrected chi connectivity index (χ1v) is 16.9. The van der Waals surface area contributed by atoms with Crippen LogP contribution in [0.25, 0.3) is 104 Å². The van der Waals surface area contributed by atoms with Gasteiger partial charge in [0.05, 0.1) is 24.7 Å². The zero-order valence-corrected chi connectivity index (χ0v) is 27.2. The molecule has 0 fully saturated rings. The van der Waals surface area contributed by atoms with Crippen LogP contribution in [0.15, 0.2) is 162 Å². The predicted molar refractivity (Wildman–Crippen MR) is 211 cm³/mol. The summed E-state index contributed by atoms with van der Waals surface area (Å²) in [6.45, 7) is 0. The van der Waals surface area contributed by atoms with Crippen molar-refractivity contribution in [2.45, 2.75) is 0 Å². The Labute approximate surface area is 309 Å². The lowest BCUT2D eigenvalue weighted by Gasteiger charge is -2.11. The minimum atomic E-state index is -0.562. The number of furan rings is 1. The molecule has 0 radical (unpaired) electrons. The molecule has 0 aliphatic heterocycles. The Morgan fingerprint density at radius 2 is 1.18 bits per heavy atom. The summed E-state index contributed by atoms with van der Waals surface area (Å²) in [5.41, 5.74) is 2.58. The molecule has 4 aromatic heterocycles. The standard InChI is InChI=1S/C45H26N4OS/c1-2-10-27(11-3-1)28-18-20-29(21-19-28)43-46-44(30-22-25-40-34(26-30)31-12-6-9-17-39(31)51-40)48-45(47-43)49-35-15-7-4-13-32(35)41-36(49)23-24-38-42(41)33-14-5-8-16-37(33)50-38/h1-26H/i4D,5D,7D,8D,13D,14D,15D,16D,23D,24D. The smallest absolute Gasteiger partial charge is 0.238 e. The van der Waals surface area contributed by atoms with Crippen molar-refractivity contribution in [2.75, 3.05) is 0 Å². The molecule has 0 bridgehead atoms. The normalized spacial score (nSPS) is 14.7. The molecule has 5 nitrogen and oxygen atoms in total. The first-order chi connectivity index (χ1) is 29.4. The van der Waals surface area contributed by atoms with Gasteiger partial charge in [0.2, 0.25) is 5.95 Å². The van der Waals surface area contributed by atoms with Gasteiger partial charge < -0.3 is 4.42 Å². The van der Waals surface area contributed by atoms with Crippen LogP contribution in [0.3, 0.4) is 0 Å². The average Bonchev–Trinajstić information content (AvgIpc) is 3.99. The van der Waals surface area contributed by atoms with Crippen molar-refractivity contribution < 1.29 is 18.1 Å². The van der Waals surface area contributed by atoms with Gasteiger partial charge in [-0.2, -0.15) is 9.97 Å². The first kappa shape index (κ1) is 20.1. The molecule has 0 saturated heterocycles. The number of fused-ring (bicyclic) bond motifs is 10. The van der Waals surface area contributed by atoms with E-state index in [1.165, 1.54) is 4.57 Å². The minimum Gasteiger partial charge on any atom is -0.456 e. The van der Waals surface area contributed by atoms with Gasteiger partial charge in [-0.05, 0) is 59.6 Å². The van der Waals surface area contributed by atoms with Crippen molar-refractivity contribution in [3.63, 3.8) is 0 Å². The van der Waals surface area contributed by atoms with Crippen LogP contribution in [-0.2, 0) is 0 Å². The van der Waals surface area contributed by atoms with Gasteiger partial charge in [0, 0.05) is 52.8 Å². The molecule has 0 atom stereocenters. The summed E-state index contributed by atoms with van der Waals surface area (Å²) in [6.07, 6.45) is 0. The highest BCUT2D eigenvalue weighted by Gasteiger charge is 2.21. The Morgan fingerprint density at radius 3 is 2.06 bits per heavy atom. The van der Waals surface area contributed by atoms with E-state index in [0.717, 1.165) is 31.3 Å². The van der Waals surface area contributed by atoms with E-state index in [1.54, 1.807) is 11.3 Å². The molecule has 0 amide bonds. The molecule has 11 aromatic rings. The molecule has 0 aliphatic rings. The second-order valence-corrected chi connectivity index (χ2v) is 13.2. The van der Waals surface area contributed by atoms with Crippen LogP contribution in [0.5, 0.6) is 0 Å². The van der Waals surface area contributed by atoms with Crippen molar-refractivity contribution in [3.8, 4) is 39.9 Å². The Bertz CT molecular complexity index is 3720.